The zero-order chi connectivity index (χ0) is 22.9. The molecule has 1 aromatic carbocycles. The number of carbonyl (C=O) groups is 2. The van der Waals surface area contributed by atoms with E-state index in [1.807, 2.05) is 26.0 Å². The molecule has 0 radical (unpaired) electrons. The van der Waals surface area contributed by atoms with Crippen LogP contribution in [-0.2, 0) is 16.1 Å². The molecule has 2 amide bonds. The van der Waals surface area contributed by atoms with E-state index >= 15 is 0 Å². The normalized spacial score (nSPS) is 12.4. The van der Waals surface area contributed by atoms with Gasteiger partial charge in [0.1, 0.15) is 11.9 Å². The number of nitrogens with two attached hydrogens (primary N) is 3. The van der Waals surface area contributed by atoms with Crippen molar-refractivity contribution in [2.24, 2.45) is 27.4 Å². The first-order valence-corrected chi connectivity index (χ1v) is 10.4. The van der Waals surface area contributed by atoms with Crippen LogP contribution in [0.4, 0.5) is 0 Å². The second-order valence-electron chi connectivity index (χ2n) is 6.40. The fourth-order valence-corrected chi connectivity index (χ4v) is 2.35. The second-order valence-corrected chi connectivity index (χ2v) is 6.40. The Morgan fingerprint density at radius 3 is 2.23 bits per heavy atom. The summed E-state index contributed by atoms with van der Waals surface area (Å²) >= 11 is 0. The highest BCUT2D eigenvalue weighted by Crippen LogP contribution is 2.06. The highest BCUT2D eigenvalue weighted by atomic mass is 16.2. The van der Waals surface area contributed by atoms with Crippen LogP contribution in [-0.4, -0.2) is 36.1 Å². The molecule has 0 aromatic heterocycles. The van der Waals surface area contributed by atoms with Gasteiger partial charge in [0.25, 0.3) is 0 Å². The Morgan fingerprint density at radius 2 is 1.70 bits per heavy atom. The summed E-state index contributed by atoms with van der Waals surface area (Å²) in [5.41, 5.74) is 18.4. The molecule has 0 aliphatic rings. The van der Waals surface area contributed by atoms with Gasteiger partial charge in [0.2, 0.25) is 11.8 Å². The third kappa shape index (κ3) is 11.2. The van der Waals surface area contributed by atoms with Crippen molar-refractivity contribution in [1.29, 1.82) is 0 Å². The molecule has 9 heteroatoms. The number of hydrogen-bond donors (Lipinski definition) is 5. The van der Waals surface area contributed by atoms with Crippen LogP contribution < -0.4 is 27.8 Å². The minimum Gasteiger partial charge on any atom is -0.386 e. The molecule has 0 spiro atoms. The fourth-order valence-electron chi connectivity index (χ4n) is 2.35. The lowest BCUT2D eigenvalue weighted by atomic mass is 10.1. The molecule has 1 atom stereocenters. The Kier molecular flexibility index (Phi) is 14.4. The minimum atomic E-state index is -0.557. The van der Waals surface area contributed by atoms with Crippen molar-refractivity contribution in [3.8, 4) is 0 Å². The van der Waals surface area contributed by atoms with Crippen LogP contribution in [0.2, 0.25) is 0 Å². The summed E-state index contributed by atoms with van der Waals surface area (Å²) in [7, 11) is 0. The van der Waals surface area contributed by atoms with E-state index in [0.29, 0.717) is 37.3 Å². The average Bonchev–Trinajstić information content (AvgIpc) is 2.76. The SMILES string of the molecule is CC.CCC(=O)NC(CCCCN)C(=O)NCc1ccc(/C(N)=N/N=C(/C)N)cc1. The topological polar surface area (TPSA) is 161 Å². The van der Waals surface area contributed by atoms with Crippen LogP contribution in [0.5, 0.6) is 0 Å². The van der Waals surface area contributed by atoms with Crippen LogP contribution >= 0.6 is 0 Å². The lowest BCUT2D eigenvalue weighted by Crippen LogP contribution is -2.46. The number of nitrogens with zero attached hydrogens (tertiary/aromatic N) is 2. The molecule has 0 aliphatic heterocycles. The molecule has 0 heterocycles. The number of hydrogen-bond acceptors (Lipinski definition) is 5. The molecule has 0 fully saturated rings. The minimum absolute atomic E-state index is 0.151. The van der Waals surface area contributed by atoms with Crippen molar-refractivity contribution in [2.45, 2.75) is 66.0 Å². The Labute approximate surface area is 179 Å². The summed E-state index contributed by atoms with van der Waals surface area (Å²) in [6, 6.07) is 6.70. The standard InChI is InChI=1S/C19H31N7O2.C2H6/c1-3-17(27)24-16(6-4-5-11-20)19(28)23-12-14-7-9-15(10-8-14)18(22)26-25-13(2)21;1-2/h7-10,16H,3-6,11-12,20H2,1-2H3,(H2,21,25)(H2,22,26)(H,23,28)(H,24,27);1-2H3. The molecule has 0 saturated heterocycles. The van der Waals surface area contributed by atoms with Gasteiger partial charge in [-0.3, -0.25) is 9.59 Å². The summed E-state index contributed by atoms with van der Waals surface area (Å²) in [6.45, 7) is 8.27. The number of unbranched alkanes of at least 4 members (excludes halogenated alkanes) is 1. The van der Waals surface area contributed by atoms with Gasteiger partial charge < -0.3 is 27.8 Å². The predicted molar refractivity (Wildman–Crippen MR) is 123 cm³/mol. The zero-order valence-electron chi connectivity index (χ0n) is 18.6. The van der Waals surface area contributed by atoms with Crippen LogP contribution in [0.3, 0.4) is 0 Å². The summed E-state index contributed by atoms with van der Waals surface area (Å²) < 4.78 is 0. The monoisotopic (exact) mass is 419 g/mol. The molecule has 1 aromatic rings. The van der Waals surface area contributed by atoms with E-state index in [-0.39, 0.29) is 17.6 Å². The van der Waals surface area contributed by atoms with E-state index in [1.165, 1.54) is 0 Å². The van der Waals surface area contributed by atoms with E-state index in [4.69, 9.17) is 17.2 Å². The smallest absolute Gasteiger partial charge is 0.242 e. The molecular formula is C21H37N7O2. The molecule has 168 valence electrons. The van der Waals surface area contributed by atoms with Gasteiger partial charge in [0.05, 0.1) is 0 Å². The predicted octanol–water partition coefficient (Wildman–Crippen LogP) is 1.35. The van der Waals surface area contributed by atoms with Crippen molar-refractivity contribution in [3.63, 3.8) is 0 Å². The number of carbonyl (C=O) groups excluding carboxylic acids is 2. The van der Waals surface area contributed by atoms with Gasteiger partial charge in [-0.25, -0.2) is 0 Å². The Morgan fingerprint density at radius 1 is 1.07 bits per heavy atom. The number of benzene rings is 1. The Hall–Kier alpha value is -2.94. The maximum absolute atomic E-state index is 12.5. The highest BCUT2D eigenvalue weighted by molar-refractivity contribution is 5.97. The third-order valence-electron chi connectivity index (χ3n) is 3.95. The highest BCUT2D eigenvalue weighted by Gasteiger charge is 2.19. The van der Waals surface area contributed by atoms with Crippen molar-refractivity contribution < 1.29 is 9.59 Å². The maximum Gasteiger partial charge on any atom is 0.242 e. The summed E-state index contributed by atoms with van der Waals surface area (Å²) in [5, 5.41) is 13.2. The van der Waals surface area contributed by atoms with Gasteiger partial charge in [-0.15, -0.1) is 10.2 Å². The zero-order valence-corrected chi connectivity index (χ0v) is 18.6. The lowest BCUT2D eigenvalue weighted by Gasteiger charge is -2.18. The maximum atomic E-state index is 12.5. The van der Waals surface area contributed by atoms with E-state index < -0.39 is 6.04 Å². The van der Waals surface area contributed by atoms with Crippen molar-refractivity contribution in [2.75, 3.05) is 6.54 Å². The molecule has 1 rings (SSSR count). The van der Waals surface area contributed by atoms with Gasteiger partial charge in [0, 0.05) is 18.5 Å². The van der Waals surface area contributed by atoms with E-state index in [1.54, 1.807) is 26.0 Å². The summed E-state index contributed by atoms with van der Waals surface area (Å²) in [6.07, 6.45) is 2.47. The van der Waals surface area contributed by atoms with Gasteiger partial charge >= 0.3 is 0 Å². The lowest BCUT2D eigenvalue weighted by molar-refractivity contribution is -0.129. The molecule has 1 unspecified atom stereocenters. The van der Waals surface area contributed by atoms with E-state index in [0.717, 1.165) is 18.4 Å². The van der Waals surface area contributed by atoms with Crippen LogP contribution in [0, 0.1) is 0 Å². The molecule has 0 bridgehead atoms. The first kappa shape index (κ1) is 27.1. The molecule has 30 heavy (non-hydrogen) atoms. The van der Waals surface area contributed by atoms with E-state index in [2.05, 4.69) is 20.8 Å². The van der Waals surface area contributed by atoms with Crippen LogP contribution in [0.1, 0.15) is 64.5 Å². The van der Waals surface area contributed by atoms with Crippen molar-refractivity contribution in [3.05, 3.63) is 35.4 Å². The summed E-state index contributed by atoms with van der Waals surface area (Å²) in [5.74, 6) is 0.209. The van der Waals surface area contributed by atoms with Crippen molar-refractivity contribution in [1.82, 2.24) is 10.6 Å². The quantitative estimate of drug-likeness (QED) is 0.158. The molecule has 9 nitrogen and oxygen atoms in total. The fraction of sp³-hybridized carbons (Fsp3) is 0.524. The van der Waals surface area contributed by atoms with Gasteiger partial charge in [-0.05, 0) is 38.3 Å². The van der Waals surface area contributed by atoms with Gasteiger partial charge in [-0.2, -0.15) is 0 Å². The van der Waals surface area contributed by atoms with Gasteiger partial charge in [-0.1, -0.05) is 45.0 Å². The first-order chi connectivity index (χ1) is 14.4. The molecular weight excluding hydrogens is 382 g/mol. The molecule has 0 aliphatic carbocycles. The third-order valence-corrected chi connectivity index (χ3v) is 3.95. The Balaban J connectivity index is 0.00000407. The van der Waals surface area contributed by atoms with Crippen LogP contribution in [0.25, 0.3) is 0 Å². The Bertz CT molecular complexity index is 696. The first-order valence-electron chi connectivity index (χ1n) is 10.4. The van der Waals surface area contributed by atoms with Gasteiger partial charge in [0.15, 0.2) is 5.84 Å². The van der Waals surface area contributed by atoms with Crippen LogP contribution in [0.15, 0.2) is 34.5 Å². The van der Waals surface area contributed by atoms with E-state index in [9.17, 15) is 9.59 Å². The number of amidine groups is 2. The number of rotatable bonds is 11. The summed E-state index contributed by atoms with van der Waals surface area (Å²) in [4.78, 5) is 24.1. The molecule has 8 N–H and O–H groups in total. The second kappa shape index (κ2) is 15.9. The number of nitrogens with one attached hydrogen (secondary N) is 2. The molecule has 0 saturated carbocycles. The number of amides is 2. The average molecular weight is 420 g/mol. The van der Waals surface area contributed by atoms with Crippen molar-refractivity contribution >= 4 is 23.5 Å². The largest absolute Gasteiger partial charge is 0.386 e.